The Balaban J connectivity index is 2.30. The van der Waals surface area contributed by atoms with Gasteiger partial charge in [-0.1, -0.05) is 29.8 Å². The van der Waals surface area contributed by atoms with Crippen molar-refractivity contribution in [1.29, 1.82) is 0 Å². The molecule has 15 heavy (non-hydrogen) atoms. The smallest absolute Gasteiger partial charge is 0.0603 e. The highest BCUT2D eigenvalue weighted by molar-refractivity contribution is 6.31. The van der Waals surface area contributed by atoms with Gasteiger partial charge in [-0.2, -0.15) is 0 Å². The zero-order valence-electron chi connectivity index (χ0n) is 9.26. The van der Waals surface area contributed by atoms with Crippen molar-refractivity contribution in [3.05, 3.63) is 34.9 Å². The second kappa shape index (κ2) is 5.50. The summed E-state index contributed by atoms with van der Waals surface area (Å²) in [5, 5.41) is 13.5. The molecule has 3 heteroatoms. The first kappa shape index (κ1) is 12.5. The van der Waals surface area contributed by atoms with Crippen LogP contribution in [0.1, 0.15) is 25.8 Å². The lowest BCUT2D eigenvalue weighted by Gasteiger charge is -2.17. The van der Waals surface area contributed by atoms with E-state index in [1.54, 1.807) is 0 Å². The second-order valence-electron chi connectivity index (χ2n) is 4.33. The lowest BCUT2D eigenvalue weighted by Crippen LogP contribution is -2.26. The molecule has 0 spiro atoms. The number of nitrogens with one attached hydrogen (secondary N) is 1. The van der Waals surface area contributed by atoms with Gasteiger partial charge in [-0.15, -0.1) is 0 Å². The third-order valence-corrected chi connectivity index (χ3v) is 2.56. The van der Waals surface area contributed by atoms with E-state index < -0.39 is 5.60 Å². The molecule has 1 rings (SSSR count). The Kier molecular flexibility index (Phi) is 4.58. The van der Waals surface area contributed by atoms with Gasteiger partial charge >= 0.3 is 0 Å². The van der Waals surface area contributed by atoms with E-state index in [4.69, 9.17) is 11.6 Å². The number of aliphatic hydroxyl groups is 1. The van der Waals surface area contributed by atoms with Gasteiger partial charge in [0.05, 0.1) is 5.60 Å². The third-order valence-electron chi connectivity index (χ3n) is 2.19. The summed E-state index contributed by atoms with van der Waals surface area (Å²) in [4.78, 5) is 0. The first-order valence-corrected chi connectivity index (χ1v) is 5.53. The highest BCUT2D eigenvalue weighted by Crippen LogP contribution is 2.14. The van der Waals surface area contributed by atoms with E-state index >= 15 is 0 Å². The molecule has 0 aromatic heterocycles. The van der Waals surface area contributed by atoms with Gasteiger partial charge in [0.15, 0.2) is 0 Å². The molecule has 0 bridgehead atoms. The van der Waals surface area contributed by atoms with E-state index in [0.29, 0.717) is 0 Å². The average molecular weight is 228 g/mol. The molecule has 0 aliphatic rings. The van der Waals surface area contributed by atoms with Crippen molar-refractivity contribution in [2.45, 2.75) is 32.4 Å². The maximum absolute atomic E-state index is 9.50. The molecule has 0 saturated heterocycles. The van der Waals surface area contributed by atoms with Gasteiger partial charge in [0.1, 0.15) is 0 Å². The van der Waals surface area contributed by atoms with Crippen LogP contribution in [0, 0.1) is 0 Å². The lowest BCUT2D eigenvalue weighted by atomic mass is 10.1. The highest BCUT2D eigenvalue weighted by atomic mass is 35.5. The molecule has 84 valence electrons. The number of hydrogen-bond acceptors (Lipinski definition) is 2. The molecule has 0 atom stereocenters. The first-order valence-electron chi connectivity index (χ1n) is 5.15. The van der Waals surface area contributed by atoms with Crippen LogP contribution in [0.2, 0.25) is 5.02 Å². The monoisotopic (exact) mass is 227 g/mol. The Labute approximate surface area is 96.3 Å². The van der Waals surface area contributed by atoms with Crippen LogP contribution in [-0.4, -0.2) is 17.3 Å². The summed E-state index contributed by atoms with van der Waals surface area (Å²) >= 11 is 6.00. The van der Waals surface area contributed by atoms with Crippen LogP contribution in [0.4, 0.5) is 0 Å². The molecule has 0 amide bonds. The Morgan fingerprint density at radius 1 is 1.33 bits per heavy atom. The average Bonchev–Trinajstić information content (AvgIpc) is 2.13. The largest absolute Gasteiger partial charge is 0.390 e. The van der Waals surface area contributed by atoms with E-state index in [2.05, 4.69) is 5.32 Å². The summed E-state index contributed by atoms with van der Waals surface area (Å²) in [6, 6.07) is 7.77. The standard InChI is InChI=1S/C12H18ClNO/c1-12(2,15)7-8-14-9-10-5-3-4-6-11(10)13/h3-6,14-15H,7-9H2,1-2H3. The molecular formula is C12H18ClNO. The maximum Gasteiger partial charge on any atom is 0.0603 e. The zero-order valence-corrected chi connectivity index (χ0v) is 10.0. The Hall–Kier alpha value is -0.570. The molecule has 0 aliphatic carbocycles. The lowest BCUT2D eigenvalue weighted by molar-refractivity contribution is 0.0711. The molecular weight excluding hydrogens is 210 g/mol. The van der Waals surface area contributed by atoms with Crippen molar-refractivity contribution >= 4 is 11.6 Å². The molecule has 0 unspecified atom stereocenters. The number of hydrogen-bond donors (Lipinski definition) is 2. The predicted molar refractivity (Wildman–Crippen MR) is 64.1 cm³/mol. The SMILES string of the molecule is CC(C)(O)CCNCc1ccccc1Cl. The minimum Gasteiger partial charge on any atom is -0.390 e. The van der Waals surface area contributed by atoms with E-state index in [1.807, 2.05) is 38.1 Å². The van der Waals surface area contributed by atoms with Gasteiger partial charge in [0, 0.05) is 11.6 Å². The summed E-state index contributed by atoms with van der Waals surface area (Å²) in [7, 11) is 0. The van der Waals surface area contributed by atoms with Gasteiger partial charge in [0.2, 0.25) is 0 Å². The van der Waals surface area contributed by atoms with Crippen LogP contribution in [0.15, 0.2) is 24.3 Å². The molecule has 0 radical (unpaired) electrons. The summed E-state index contributed by atoms with van der Waals surface area (Å²) in [5.41, 5.74) is 0.489. The number of benzene rings is 1. The molecule has 0 fully saturated rings. The first-order chi connectivity index (χ1) is 6.99. The Morgan fingerprint density at radius 3 is 2.60 bits per heavy atom. The van der Waals surface area contributed by atoms with Crippen molar-refractivity contribution in [2.24, 2.45) is 0 Å². The van der Waals surface area contributed by atoms with Crippen molar-refractivity contribution in [3.8, 4) is 0 Å². The highest BCUT2D eigenvalue weighted by Gasteiger charge is 2.10. The van der Waals surface area contributed by atoms with Crippen LogP contribution < -0.4 is 5.32 Å². The molecule has 2 nitrogen and oxygen atoms in total. The minimum absolute atomic E-state index is 0.604. The van der Waals surface area contributed by atoms with Gasteiger partial charge < -0.3 is 10.4 Å². The molecule has 0 heterocycles. The normalized spacial score (nSPS) is 11.7. The van der Waals surface area contributed by atoms with Crippen LogP contribution in [-0.2, 0) is 6.54 Å². The molecule has 2 N–H and O–H groups in total. The Morgan fingerprint density at radius 2 is 2.00 bits per heavy atom. The van der Waals surface area contributed by atoms with Crippen molar-refractivity contribution in [3.63, 3.8) is 0 Å². The molecule has 0 aliphatic heterocycles. The fourth-order valence-corrected chi connectivity index (χ4v) is 1.46. The van der Waals surface area contributed by atoms with Crippen molar-refractivity contribution in [1.82, 2.24) is 5.32 Å². The Bertz CT molecular complexity index is 307. The molecule has 1 aromatic carbocycles. The van der Waals surface area contributed by atoms with E-state index in [0.717, 1.165) is 30.1 Å². The third kappa shape index (κ3) is 5.17. The molecule has 1 aromatic rings. The van der Waals surface area contributed by atoms with Crippen LogP contribution >= 0.6 is 11.6 Å². The fraction of sp³-hybridized carbons (Fsp3) is 0.500. The number of halogens is 1. The van der Waals surface area contributed by atoms with Gasteiger partial charge in [-0.05, 0) is 38.4 Å². The van der Waals surface area contributed by atoms with Crippen LogP contribution in [0.5, 0.6) is 0 Å². The van der Waals surface area contributed by atoms with Gasteiger partial charge in [-0.25, -0.2) is 0 Å². The summed E-state index contributed by atoms with van der Waals surface area (Å²) < 4.78 is 0. The number of rotatable bonds is 5. The van der Waals surface area contributed by atoms with Gasteiger partial charge in [-0.3, -0.25) is 0 Å². The summed E-state index contributed by atoms with van der Waals surface area (Å²) in [5.74, 6) is 0. The van der Waals surface area contributed by atoms with E-state index in [9.17, 15) is 5.11 Å². The predicted octanol–water partition coefficient (Wildman–Crippen LogP) is 2.59. The topological polar surface area (TPSA) is 32.3 Å². The van der Waals surface area contributed by atoms with E-state index in [-0.39, 0.29) is 0 Å². The maximum atomic E-state index is 9.50. The van der Waals surface area contributed by atoms with Gasteiger partial charge in [0.25, 0.3) is 0 Å². The van der Waals surface area contributed by atoms with Crippen molar-refractivity contribution in [2.75, 3.05) is 6.54 Å². The summed E-state index contributed by atoms with van der Waals surface area (Å²) in [6.07, 6.45) is 0.734. The van der Waals surface area contributed by atoms with Crippen LogP contribution in [0.3, 0.4) is 0 Å². The zero-order chi connectivity index (χ0) is 11.3. The van der Waals surface area contributed by atoms with Crippen LogP contribution in [0.25, 0.3) is 0 Å². The van der Waals surface area contributed by atoms with Crippen molar-refractivity contribution < 1.29 is 5.11 Å². The quantitative estimate of drug-likeness (QED) is 0.758. The molecule has 0 saturated carbocycles. The summed E-state index contributed by atoms with van der Waals surface area (Å²) in [6.45, 7) is 5.15. The fourth-order valence-electron chi connectivity index (χ4n) is 1.26. The minimum atomic E-state index is -0.604. The van der Waals surface area contributed by atoms with E-state index in [1.165, 1.54) is 0 Å². The second-order valence-corrected chi connectivity index (χ2v) is 4.74.